The van der Waals surface area contributed by atoms with Gasteiger partial charge in [0, 0.05) is 19.0 Å². The number of carbonyl (C=O) groups is 2. The zero-order chi connectivity index (χ0) is 18.5. The van der Waals surface area contributed by atoms with Gasteiger partial charge in [-0.05, 0) is 42.3 Å². The first-order chi connectivity index (χ1) is 12.6. The number of halogens is 1. The van der Waals surface area contributed by atoms with Gasteiger partial charge in [-0.2, -0.15) is 0 Å². The topological polar surface area (TPSA) is 58.6 Å². The maximum absolute atomic E-state index is 13.7. The molecule has 1 aliphatic rings. The lowest BCUT2D eigenvalue weighted by atomic mass is 10.2. The molecule has 1 heterocycles. The fourth-order valence-electron chi connectivity index (χ4n) is 2.85. The lowest BCUT2D eigenvalue weighted by Gasteiger charge is -2.19. The number of benzene rings is 2. The molecule has 0 radical (unpaired) electrons. The van der Waals surface area contributed by atoms with Crippen molar-refractivity contribution in [1.82, 2.24) is 0 Å². The van der Waals surface area contributed by atoms with Crippen molar-refractivity contribution in [3.05, 3.63) is 59.9 Å². The lowest BCUT2D eigenvalue weighted by Crippen LogP contribution is -2.25. The Hall–Kier alpha value is -3.15. The van der Waals surface area contributed by atoms with Gasteiger partial charge in [-0.1, -0.05) is 18.2 Å². The van der Waals surface area contributed by atoms with Crippen molar-refractivity contribution in [1.29, 1.82) is 0 Å². The molecule has 0 bridgehead atoms. The number of nitrogens with zero attached hydrogens (tertiary/aromatic N) is 1. The average Bonchev–Trinajstić information content (AvgIpc) is 3.06. The van der Waals surface area contributed by atoms with Gasteiger partial charge < -0.3 is 15.0 Å². The highest BCUT2D eigenvalue weighted by molar-refractivity contribution is 6.06. The molecule has 0 unspecified atom stereocenters. The first-order valence-corrected chi connectivity index (χ1v) is 8.30. The van der Waals surface area contributed by atoms with Crippen LogP contribution in [0.15, 0.2) is 48.5 Å². The predicted octanol–water partition coefficient (Wildman–Crippen LogP) is 3.61. The second kappa shape index (κ2) is 7.82. The Labute approximate surface area is 151 Å². The van der Waals surface area contributed by atoms with Crippen molar-refractivity contribution < 1.29 is 18.7 Å². The third-order valence-electron chi connectivity index (χ3n) is 4.13. The van der Waals surface area contributed by atoms with E-state index in [4.69, 9.17) is 4.74 Å². The Morgan fingerprint density at radius 3 is 2.77 bits per heavy atom. The zero-order valence-electron chi connectivity index (χ0n) is 14.4. The van der Waals surface area contributed by atoms with Crippen LogP contribution in [-0.2, 0) is 9.59 Å². The highest BCUT2D eigenvalue weighted by Crippen LogP contribution is 2.29. The quantitative estimate of drug-likeness (QED) is 0.835. The number of ether oxygens (including phenoxy) is 1. The summed E-state index contributed by atoms with van der Waals surface area (Å²) in [5.41, 5.74) is 1.80. The van der Waals surface area contributed by atoms with E-state index in [0.717, 1.165) is 6.42 Å². The summed E-state index contributed by atoms with van der Waals surface area (Å²) in [6.07, 6.45) is 4.17. The minimum atomic E-state index is -0.493. The van der Waals surface area contributed by atoms with Crippen LogP contribution in [0.25, 0.3) is 6.08 Å². The summed E-state index contributed by atoms with van der Waals surface area (Å²) in [6, 6.07) is 11.6. The highest BCUT2D eigenvalue weighted by atomic mass is 19.1. The van der Waals surface area contributed by atoms with E-state index in [9.17, 15) is 14.0 Å². The minimum Gasteiger partial charge on any atom is -0.494 e. The number of methoxy groups -OCH3 is 1. The van der Waals surface area contributed by atoms with Gasteiger partial charge in [0.1, 0.15) is 0 Å². The molecular weight excluding hydrogens is 335 g/mol. The molecule has 0 saturated carbocycles. The van der Waals surface area contributed by atoms with E-state index in [0.29, 0.717) is 29.9 Å². The first-order valence-electron chi connectivity index (χ1n) is 8.30. The van der Waals surface area contributed by atoms with Gasteiger partial charge >= 0.3 is 0 Å². The summed E-state index contributed by atoms with van der Waals surface area (Å²) in [7, 11) is 1.39. The number of anilines is 2. The van der Waals surface area contributed by atoms with Gasteiger partial charge in [0.05, 0.1) is 18.5 Å². The SMILES string of the molecule is COc1ccc(/C=C/C(=O)Nc2ccccc2N2CCCC2=O)cc1F. The molecule has 2 aromatic rings. The lowest BCUT2D eigenvalue weighted by molar-refractivity contribution is -0.117. The molecule has 5 nitrogen and oxygen atoms in total. The smallest absolute Gasteiger partial charge is 0.248 e. The van der Waals surface area contributed by atoms with Gasteiger partial charge in [-0.25, -0.2) is 4.39 Å². The van der Waals surface area contributed by atoms with Crippen molar-refractivity contribution in [2.24, 2.45) is 0 Å². The van der Waals surface area contributed by atoms with Crippen LogP contribution in [0.3, 0.4) is 0 Å². The Balaban J connectivity index is 1.72. The molecule has 0 aromatic heterocycles. The summed E-state index contributed by atoms with van der Waals surface area (Å²) in [5.74, 6) is -0.653. The van der Waals surface area contributed by atoms with Crippen molar-refractivity contribution in [3.8, 4) is 5.75 Å². The highest BCUT2D eigenvalue weighted by Gasteiger charge is 2.23. The van der Waals surface area contributed by atoms with Crippen LogP contribution in [-0.4, -0.2) is 25.5 Å². The summed E-state index contributed by atoms with van der Waals surface area (Å²) in [4.78, 5) is 25.9. The molecule has 3 rings (SSSR count). The first kappa shape index (κ1) is 17.7. The van der Waals surface area contributed by atoms with E-state index in [1.165, 1.54) is 31.4 Å². The average molecular weight is 354 g/mol. The summed E-state index contributed by atoms with van der Waals surface area (Å²) in [5, 5.41) is 2.78. The normalized spacial score (nSPS) is 14.1. The van der Waals surface area contributed by atoms with E-state index in [2.05, 4.69) is 5.32 Å². The molecule has 2 aromatic carbocycles. The maximum Gasteiger partial charge on any atom is 0.248 e. The van der Waals surface area contributed by atoms with Gasteiger partial charge in [0.25, 0.3) is 0 Å². The van der Waals surface area contributed by atoms with E-state index >= 15 is 0 Å². The molecular formula is C20H19FN2O3. The number of para-hydroxylation sites is 2. The van der Waals surface area contributed by atoms with Crippen LogP contribution in [0, 0.1) is 5.82 Å². The number of amides is 2. The molecule has 1 fully saturated rings. The van der Waals surface area contributed by atoms with E-state index < -0.39 is 5.82 Å². The van der Waals surface area contributed by atoms with Gasteiger partial charge in [0.2, 0.25) is 11.8 Å². The van der Waals surface area contributed by atoms with Crippen molar-refractivity contribution in [3.63, 3.8) is 0 Å². The third-order valence-corrected chi connectivity index (χ3v) is 4.13. The molecule has 6 heteroatoms. The number of hydrogen-bond acceptors (Lipinski definition) is 3. The predicted molar refractivity (Wildman–Crippen MR) is 98.6 cm³/mol. The van der Waals surface area contributed by atoms with Crippen LogP contribution >= 0.6 is 0 Å². The van der Waals surface area contributed by atoms with Crippen LogP contribution < -0.4 is 15.0 Å². The molecule has 134 valence electrons. The molecule has 1 aliphatic heterocycles. The number of hydrogen-bond donors (Lipinski definition) is 1. The summed E-state index contributed by atoms with van der Waals surface area (Å²) < 4.78 is 18.6. The Morgan fingerprint density at radius 1 is 1.27 bits per heavy atom. The molecule has 1 saturated heterocycles. The van der Waals surface area contributed by atoms with Gasteiger partial charge in [-0.15, -0.1) is 0 Å². The van der Waals surface area contributed by atoms with Crippen LogP contribution in [0.4, 0.5) is 15.8 Å². The molecule has 0 atom stereocenters. The number of rotatable bonds is 5. The van der Waals surface area contributed by atoms with E-state index in [-0.39, 0.29) is 17.6 Å². The standard InChI is InChI=1S/C20H19FN2O3/c1-26-18-10-8-14(13-15(18)21)9-11-19(24)22-16-5-2-3-6-17(16)23-12-4-7-20(23)25/h2-3,5-6,8-11,13H,4,7,12H2,1H3,(H,22,24)/b11-9+. The monoisotopic (exact) mass is 354 g/mol. The van der Waals surface area contributed by atoms with Crippen molar-refractivity contribution >= 4 is 29.3 Å². The van der Waals surface area contributed by atoms with Gasteiger partial charge in [-0.3, -0.25) is 9.59 Å². The van der Waals surface area contributed by atoms with Crippen LogP contribution in [0.5, 0.6) is 5.75 Å². The molecule has 26 heavy (non-hydrogen) atoms. The number of nitrogens with one attached hydrogen (secondary N) is 1. The fourth-order valence-corrected chi connectivity index (χ4v) is 2.85. The van der Waals surface area contributed by atoms with Crippen molar-refractivity contribution in [2.75, 3.05) is 23.9 Å². The largest absolute Gasteiger partial charge is 0.494 e. The zero-order valence-corrected chi connectivity index (χ0v) is 14.4. The molecule has 1 N–H and O–H groups in total. The van der Waals surface area contributed by atoms with E-state index in [1.54, 1.807) is 29.2 Å². The molecule has 2 amide bonds. The molecule has 0 spiro atoms. The number of carbonyl (C=O) groups excluding carboxylic acids is 2. The van der Waals surface area contributed by atoms with Crippen LogP contribution in [0.1, 0.15) is 18.4 Å². The second-order valence-electron chi connectivity index (χ2n) is 5.88. The van der Waals surface area contributed by atoms with Crippen LogP contribution in [0.2, 0.25) is 0 Å². The van der Waals surface area contributed by atoms with E-state index in [1.807, 2.05) is 6.07 Å². The Bertz CT molecular complexity index is 864. The van der Waals surface area contributed by atoms with Crippen molar-refractivity contribution in [2.45, 2.75) is 12.8 Å². The third kappa shape index (κ3) is 3.91. The fraction of sp³-hybridized carbons (Fsp3) is 0.200. The molecule has 0 aliphatic carbocycles. The Kier molecular flexibility index (Phi) is 5.31. The van der Waals surface area contributed by atoms with Gasteiger partial charge in [0.15, 0.2) is 11.6 Å². The summed E-state index contributed by atoms with van der Waals surface area (Å²) >= 11 is 0. The minimum absolute atomic E-state index is 0.0518. The second-order valence-corrected chi connectivity index (χ2v) is 5.88. The maximum atomic E-state index is 13.7. The summed E-state index contributed by atoms with van der Waals surface area (Å²) in [6.45, 7) is 0.646. The Morgan fingerprint density at radius 2 is 2.08 bits per heavy atom.